The molecule has 0 atom stereocenters. The zero-order valence-electron chi connectivity index (χ0n) is 9.86. The van der Waals surface area contributed by atoms with Crippen LogP contribution in [0.4, 0.5) is 0 Å². The molecule has 2 heteroatoms. The first-order valence-corrected chi connectivity index (χ1v) is 6.25. The lowest BCUT2D eigenvalue weighted by molar-refractivity contribution is 0.418. The van der Waals surface area contributed by atoms with Gasteiger partial charge in [-0.05, 0) is 43.6 Å². The Bertz CT molecular complexity index is 313. The number of rotatable bonds is 1. The van der Waals surface area contributed by atoms with Crippen molar-refractivity contribution in [3.63, 3.8) is 0 Å². The Morgan fingerprint density at radius 2 is 1.75 bits per heavy atom. The van der Waals surface area contributed by atoms with Crippen LogP contribution in [-0.4, -0.2) is 5.54 Å². The first-order valence-electron chi connectivity index (χ1n) is 6.25. The molecule has 0 heterocycles. The van der Waals surface area contributed by atoms with Crippen molar-refractivity contribution in [2.45, 2.75) is 44.2 Å². The predicted molar refractivity (Wildman–Crippen MR) is 67.8 cm³/mol. The van der Waals surface area contributed by atoms with Gasteiger partial charge in [-0.2, -0.15) is 0 Å². The van der Waals surface area contributed by atoms with Crippen LogP contribution in [0.3, 0.4) is 0 Å². The van der Waals surface area contributed by atoms with E-state index in [0.717, 1.165) is 5.92 Å². The molecule has 2 aliphatic rings. The van der Waals surface area contributed by atoms with E-state index in [-0.39, 0.29) is 0 Å². The van der Waals surface area contributed by atoms with Crippen LogP contribution in [0.1, 0.15) is 37.7 Å². The molecule has 0 aliphatic heterocycles. The van der Waals surface area contributed by atoms with E-state index in [1.165, 1.54) is 37.7 Å². The molecule has 0 amide bonds. The topological polar surface area (TPSA) is 52.0 Å². The maximum Gasteiger partial charge on any atom is 0.0178 e. The van der Waals surface area contributed by atoms with Gasteiger partial charge in [0.2, 0.25) is 0 Å². The van der Waals surface area contributed by atoms with Gasteiger partial charge in [0.05, 0.1) is 0 Å². The zero-order chi connectivity index (χ0) is 11.4. The lowest BCUT2D eigenvalue weighted by Gasteiger charge is -2.19. The smallest absolute Gasteiger partial charge is 0.0178 e. The average Bonchev–Trinajstić information content (AvgIpc) is 2.89. The second-order valence-electron chi connectivity index (χ2n) is 5.20. The molecular weight excluding hydrogens is 196 g/mol. The van der Waals surface area contributed by atoms with Gasteiger partial charge in [0.1, 0.15) is 0 Å². The van der Waals surface area contributed by atoms with E-state index in [9.17, 15) is 0 Å². The van der Waals surface area contributed by atoms with Gasteiger partial charge in [-0.1, -0.05) is 30.3 Å². The largest absolute Gasteiger partial charge is 0.326 e. The van der Waals surface area contributed by atoms with Gasteiger partial charge >= 0.3 is 0 Å². The lowest BCUT2D eigenvalue weighted by atomic mass is 9.95. The Balaban J connectivity index is 0.000000120. The zero-order valence-corrected chi connectivity index (χ0v) is 9.86. The summed E-state index contributed by atoms with van der Waals surface area (Å²) >= 11 is 0. The molecule has 2 aliphatic carbocycles. The van der Waals surface area contributed by atoms with Crippen molar-refractivity contribution in [2.75, 3.05) is 0 Å². The van der Waals surface area contributed by atoms with Gasteiger partial charge in [0.15, 0.2) is 0 Å². The first kappa shape index (κ1) is 11.6. The maximum atomic E-state index is 6.00. The van der Waals surface area contributed by atoms with Crippen LogP contribution in [0.15, 0.2) is 30.3 Å². The first-order chi connectivity index (χ1) is 7.72. The number of fused-ring (bicyclic) bond motifs is 2. The van der Waals surface area contributed by atoms with E-state index in [2.05, 4.69) is 0 Å². The summed E-state index contributed by atoms with van der Waals surface area (Å²) in [6.45, 7) is 0.640. The fraction of sp³-hybridized carbons (Fsp3) is 0.571. The molecule has 16 heavy (non-hydrogen) atoms. The molecule has 1 aromatic rings. The van der Waals surface area contributed by atoms with Crippen molar-refractivity contribution < 1.29 is 0 Å². The number of hydrogen-bond donors (Lipinski definition) is 2. The van der Waals surface area contributed by atoms with Gasteiger partial charge in [-0.25, -0.2) is 0 Å². The number of hydrogen-bond acceptors (Lipinski definition) is 2. The highest BCUT2D eigenvalue weighted by molar-refractivity contribution is 5.13. The standard InChI is InChI=1S/C7H13N.C7H9N/c8-7-3-1-6(5-7)2-4-7;8-6-7-4-2-1-3-5-7/h6H,1-5,8H2;1-5H,6,8H2. The molecule has 3 rings (SSSR count). The van der Waals surface area contributed by atoms with Gasteiger partial charge in [0.25, 0.3) is 0 Å². The Labute approximate surface area is 98.0 Å². The second-order valence-corrected chi connectivity index (χ2v) is 5.20. The fourth-order valence-electron chi connectivity index (χ4n) is 2.85. The van der Waals surface area contributed by atoms with Crippen LogP contribution in [-0.2, 0) is 6.54 Å². The molecular formula is C14H22N2. The average molecular weight is 218 g/mol. The summed E-state index contributed by atoms with van der Waals surface area (Å²) in [4.78, 5) is 0. The van der Waals surface area contributed by atoms with E-state index < -0.39 is 0 Å². The minimum Gasteiger partial charge on any atom is -0.326 e. The molecule has 88 valence electrons. The Hall–Kier alpha value is -0.860. The van der Waals surface area contributed by atoms with Gasteiger partial charge in [-0.15, -0.1) is 0 Å². The van der Waals surface area contributed by atoms with E-state index in [1.807, 2.05) is 30.3 Å². The lowest BCUT2D eigenvalue weighted by Crippen LogP contribution is -2.33. The van der Waals surface area contributed by atoms with Crippen molar-refractivity contribution in [1.82, 2.24) is 0 Å². The third kappa shape index (κ3) is 2.83. The summed E-state index contributed by atoms with van der Waals surface area (Å²) in [6, 6.07) is 9.99. The summed E-state index contributed by atoms with van der Waals surface area (Å²) in [5.74, 6) is 1.01. The van der Waals surface area contributed by atoms with Crippen LogP contribution in [0.25, 0.3) is 0 Å². The molecule has 0 radical (unpaired) electrons. The van der Waals surface area contributed by atoms with Crippen LogP contribution >= 0.6 is 0 Å². The minimum atomic E-state index is 0.310. The van der Waals surface area contributed by atoms with Gasteiger partial charge in [0, 0.05) is 12.1 Å². The van der Waals surface area contributed by atoms with E-state index >= 15 is 0 Å². The van der Waals surface area contributed by atoms with E-state index in [4.69, 9.17) is 11.5 Å². The van der Waals surface area contributed by atoms with Crippen molar-refractivity contribution >= 4 is 0 Å². The van der Waals surface area contributed by atoms with Gasteiger partial charge in [-0.3, -0.25) is 0 Å². The predicted octanol–water partition coefficient (Wildman–Crippen LogP) is 2.42. The van der Waals surface area contributed by atoms with Crippen LogP contribution in [0.5, 0.6) is 0 Å². The SMILES string of the molecule is NC12CCC(CC1)C2.NCc1ccccc1. The number of benzene rings is 1. The molecule has 1 aromatic carbocycles. The minimum absolute atomic E-state index is 0.310. The molecule has 0 unspecified atom stereocenters. The maximum absolute atomic E-state index is 6.00. The monoisotopic (exact) mass is 218 g/mol. The highest BCUT2D eigenvalue weighted by Gasteiger charge is 2.41. The van der Waals surface area contributed by atoms with E-state index in [1.54, 1.807) is 0 Å². The van der Waals surface area contributed by atoms with Crippen LogP contribution < -0.4 is 11.5 Å². The Morgan fingerprint density at radius 3 is 2.00 bits per heavy atom. The molecule has 0 spiro atoms. The van der Waals surface area contributed by atoms with Crippen molar-refractivity contribution in [3.05, 3.63) is 35.9 Å². The third-order valence-electron chi connectivity index (χ3n) is 3.87. The van der Waals surface area contributed by atoms with E-state index in [0.29, 0.717) is 12.1 Å². The molecule has 2 saturated carbocycles. The molecule has 0 saturated heterocycles. The number of nitrogens with two attached hydrogens (primary N) is 2. The normalized spacial score (nSPS) is 31.0. The summed E-state index contributed by atoms with van der Waals surface area (Å²) in [7, 11) is 0. The third-order valence-corrected chi connectivity index (χ3v) is 3.87. The summed E-state index contributed by atoms with van der Waals surface area (Å²) in [6.07, 6.45) is 6.76. The Kier molecular flexibility index (Phi) is 3.62. The van der Waals surface area contributed by atoms with Crippen LogP contribution in [0, 0.1) is 5.92 Å². The molecule has 2 fully saturated rings. The highest BCUT2D eigenvalue weighted by atomic mass is 14.8. The molecule has 2 nitrogen and oxygen atoms in total. The second kappa shape index (κ2) is 4.98. The molecule has 0 aromatic heterocycles. The molecule has 4 N–H and O–H groups in total. The summed E-state index contributed by atoms with van der Waals surface area (Å²) < 4.78 is 0. The summed E-state index contributed by atoms with van der Waals surface area (Å²) in [5.41, 5.74) is 12.8. The van der Waals surface area contributed by atoms with Crippen molar-refractivity contribution in [3.8, 4) is 0 Å². The van der Waals surface area contributed by atoms with Crippen molar-refractivity contribution in [1.29, 1.82) is 0 Å². The van der Waals surface area contributed by atoms with Gasteiger partial charge < -0.3 is 11.5 Å². The highest BCUT2D eigenvalue weighted by Crippen LogP contribution is 2.45. The summed E-state index contributed by atoms with van der Waals surface area (Å²) in [5, 5.41) is 0. The fourth-order valence-corrected chi connectivity index (χ4v) is 2.85. The Morgan fingerprint density at radius 1 is 1.12 bits per heavy atom. The van der Waals surface area contributed by atoms with Crippen molar-refractivity contribution in [2.24, 2.45) is 17.4 Å². The van der Waals surface area contributed by atoms with Crippen LogP contribution in [0.2, 0.25) is 0 Å². The quantitative estimate of drug-likeness (QED) is 0.760. The molecule has 2 bridgehead atoms.